The number of hydrogen-bond acceptors (Lipinski definition) is 4. The van der Waals surface area contributed by atoms with Crippen molar-refractivity contribution in [3.63, 3.8) is 0 Å². The van der Waals surface area contributed by atoms with Crippen molar-refractivity contribution in [3.8, 4) is 0 Å². The van der Waals surface area contributed by atoms with Gasteiger partial charge in [-0.25, -0.2) is 0 Å². The maximum atomic E-state index is 10.4. The fourth-order valence-electron chi connectivity index (χ4n) is 3.14. The van der Waals surface area contributed by atoms with Gasteiger partial charge in [0.05, 0.1) is 24.4 Å². The molecule has 0 aromatic rings. The average Bonchev–Trinajstić information content (AvgIpc) is 3.00. The van der Waals surface area contributed by atoms with Crippen molar-refractivity contribution in [2.75, 3.05) is 32.8 Å². The Morgan fingerprint density at radius 2 is 1.90 bits per heavy atom. The third-order valence-electron chi connectivity index (χ3n) is 4.91. The first-order chi connectivity index (χ1) is 9.65. The lowest BCUT2D eigenvalue weighted by Gasteiger charge is -2.37. The maximum Gasteiger partial charge on any atom is 0.0809 e. The number of aliphatic hydroxyl groups is 1. The van der Waals surface area contributed by atoms with Crippen LogP contribution in [0.25, 0.3) is 0 Å². The van der Waals surface area contributed by atoms with Crippen LogP contribution in [0.5, 0.6) is 0 Å². The molecule has 0 amide bonds. The highest BCUT2D eigenvalue weighted by Gasteiger charge is 2.29. The molecule has 2 rings (SSSR count). The van der Waals surface area contributed by atoms with Crippen molar-refractivity contribution in [2.24, 2.45) is 0 Å². The van der Waals surface area contributed by atoms with Gasteiger partial charge in [0.2, 0.25) is 0 Å². The van der Waals surface area contributed by atoms with Crippen molar-refractivity contribution >= 4 is 0 Å². The summed E-state index contributed by atoms with van der Waals surface area (Å²) in [5.74, 6) is 0. The Morgan fingerprint density at radius 3 is 2.45 bits per heavy atom. The molecular formula is C16H31NO3. The standard InChI is InChI=1S/C16H31NO3/c1-3-16(18,4-2)13-17-9-7-14(8-10-17)20-12-15-6-5-11-19-15/h14-15,18H,3-13H2,1-2H3. The number of piperidine rings is 1. The predicted octanol–water partition coefficient (Wildman–Crippen LogP) is 2.20. The van der Waals surface area contributed by atoms with Crippen LogP contribution in [0.4, 0.5) is 0 Å². The van der Waals surface area contributed by atoms with Crippen LogP contribution in [0.3, 0.4) is 0 Å². The Labute approximate surface area is 123 Å². The van der Waals surface area contributed by atoms with Crippen LogP contribution < -0.4 is 0 Å². The summed E-state index contributed by atoms with van der Waals surface area (Å²) in [6.07, 6.45) is 6.87. The number of β-amino-alcohol motifs (C(OH)–C–C–N with tert-alkyl or cyclic N) is 1. The minimum atomic E-state index is -0.509. The molecule has 0 saturated carbocycles. The molecule has 1 atom stereocenters. The van der Waals surface area contributed by atoms with Crippen LogP contribution in [0.2, 0.25) is 0 Å². The van der Waals surface area contributed by atoms with Gasteiger partial charge in [0.1, 0.15) is 0 Å². The number of hydrogen-bond donors (Lipinski definition) is 1. The highest BCUT2D eigenvalue weighted by atomic mass is 16.5. The first-order valence-electron chi connectivity index (χ1n) is 8.33. The van der Waals surface area contributed by atoms with Gasteiger partial charge in [-0.15, -0.1) is 0 Å². The lowest BCUT2D eigenvalue weighted by atomic mass is 9.95. The van der Waals surface area contributed by atoms with Gasteiger partial charge in [0.25, 0.3) is 0 Å². The van der Waals surface area contributed by atoms with Gasteiger partial charge in [-0.2, -0.15) is 0 Å². The Morgan fingerprint density at radius 1 is 1.20 bits per heavy atom. The monoisotopic (exact) mass is 285 g/mol. The second kappa shape index (κ2) is 7.74. The first-order valence-corrected chi connectivity index (χ1v) is 8.33. The van der Waals surface area contributed by atoms with E-state index in [9.17, 15) is 5.11 Å². The second-order valence-corrected chi connectivity index (χ2v) is 6.38. The van der Waals surface area contributed by atoms with Gasteiger partial charge in [-0.1, -0.05) is 13.8 Å². The summed E-state index contributed by atoms with van der Waals surface area (Å²) in [7, 11) is 0. The van der Waals surface area contributed by atoms with E-state index in [1.54, 1.807) is 0 Å². The van der Waals surface area contributed by atoms with Crippen LogP contribution in [-0.2, 0) is 9.47 Å². The molecule has 20 heavy (non-hydrogen) atoms. The van der Waals surface area contributed by atoms with E-state index in [1.807, 2.05) is 0 Å². The molecule has 0 aliphatic carbocycles. The zero-order valence-corrected chi connectivity index (χ0v) is 13.1. The third kappa shape index (κ3) is 4.69. The fourth-order valence-corrected chi connectivity index (χ4v) is 3.14. The van der Waals surface area contributed by atoms with E-state index in [-0.39, 0.29) is 0 Å². The zero-order chi connectivity index (χ0) is 14.4. The maximum absolute atomic E-state index is 10.4. The Kier molecular flexibility index (Phi) is 6.27. The van der Waals surface area contributed by atoms with Gasteiger partial charge < -0.3 is 19.5 Å². The van der Waals surface area contributed by atoms with E-state index in [2.05, 4.69) is 18.7 Å². The van der Waals surface area contributed by atoms with Crippen molar-refractivity contribution in [3.05, 3.63) is 0 Å². The minimum absolute atomic E-state index is 0.332. The summed E-state index contributed by atoms with van der Waals surface area (Å²) in [5, 5.41) is 10.4. The predicted molar refractivity (Wildman–Crippen MR) is 79.9 cm³/mol. The topological polar surface area (TPSA) is 41.9 Å². The molecule has 4 heteroatoms. The van der Waals surface area contributed by atoms with Crippen molar-refractivity contribution in [2.45, 2.75) is 70.2 Å². The normalized spacial score (nSPS) is 26.2. The smallest absolute Gasteiger partial charge is 0.0809 e. The molecular weight excluding hydrogens is 254 g/mol. The summed E-state index contributed by atoms with van der Waals surface area (Å²) < 4.78 is 11.6. The number of nitrogens with zero attached hydrogens (tertiary/aromatic N) is 1. The average molecular weight is 285 g/mol. The summed E-state index contributed by atoms with van der Waals surface area (Å²) in [6.45, 7) is 8.69. The van der Waals surface area contributed by atoms with E-state index in [0.717, 1.165) is 65.0 Å². The van der Waals surface area contributed by atoms with E-state index >= 15 is 0 Å². The zero-order valence-electron chi connectivity index (χ0n) is 13.1. The molecule has 2 fully saturated rings. The summed E-state index contributed by atoms with van der Waals surface area (Å²) in [6, 6.07) is 0. The summed E-state index contributed by atoms with van der Waals surface area (Å²) in [4.78, 5) is 2.39. The van der Waals surface area contributed by atoms with Gasteiger partial charge in [-0.05, 0) is 38.5 Å². The largest absolute Gasteiger partial charge is 0.389 e. The lowest BCUT2D eigenvalue weighted by molar-refractivity contribution is -0.0567. The van der Waals surface area contributed by atoms with Crippen molar-refractivity contribution in [1.82, 2.24) is 4.90 Å². The number of ether oxygens (including phenoxy) is 2. The third-order valence-corrected chi connectivity index (χ3v) is 4.91. The molecule has 2 aliphatic rings. The Bertz CT molecular complexity index is 267. The number of rotatable bonds is 7. The number of likely N-dealkylation sites (tertiary alicyclic amines) is 1. The molecule has 0 aromatic carbocycles. The molecule has 2 heterocycles. The highest BCUT2D eigenvalue weighted by molar-refractivity contribution is 4.83. The quantitative estimate of drug-likeness (QED) is 0.778. The van der Waals surface area contributed by atoms with E-state index in [1.165, 1.54) is 6.42 Å². The molecule has 4 nitrogen and oxygen atoms in total. The van der Waals surface area contributed by atoms with Gasteiger partial charge in [-0.3, -0.25) is 0 Å². The molecule has 0 radical (unpaired) electrons. The van der Waals surface area contributed by atoms with Gasteiger partial charge in [0, 0.05) is 26.2 Å². The van der Waals surface area contributed by atoms with Crippen LogP contribution >= 0.6 is 0 Å². The van der Waals surface area contributed by atoms with E-state index in [0.29, 0.717) is 12.2 Å². The second-order valence-electron chi connectivity index (χ2n) is 6.38. The fraction of sp³-hybridized carbons (Fsp3) is 1.00. The van der Waals surface area contributed by atoms with Gasteiger partial charge >= 0.3 is 0 Å². The van der Waals surface area contributed by atoms with Crippen LogP contribution in [-0.4, -0.2) is 60.7 Å². The van der Waals surface area contributed by atoms with Crippen molar-refractivity contribution < 1.29 is 14.6 Å². The van der Waals surface area contributed by atoms with Crippen LogP contribution in [0.15, 0.2) is 0 Å². The molecule has 1 N–H and O–H groups in total. The summed E-state index contributed by atoms with van der Waals surface area (Å²) >= 11 is 0. The molecule has 0 aromatic heterocycles. The molecule has 2 aliphatic heterocycles. The molecule has 118 valence electrons. The van der Waals surface area contributed by atoms with Gasteiger partial charge in [0.15, 0.2) is 0 Å². The molecule has 1 unspecified atom stereocenters. The van der Waals surface area contributed by atoms with E-state index < -0.39 is 5.60 Å². The molecule has 0 bridgehead atoms. The Balaban J connectivity index is 1.64. The Hall–Kier alpha value is -0.160. The molecule has 2 saturated heterocycles. The summed E-state index contributed by atoms with van der Waals surface area (Å²) in [5.41, 5.74) is -0.509. The first kappa shape index (κ1) is 16.2. The van der Waals surface area contributed by atoms with Crippen LogP contribution in [0.1, 0.15) is 52.4 Å². The lowest BCUT2D eigenvalue weighted by Crippen LogP contribution is -2.46. The van der Waals surface area contributed by atoms with Crippen LogP contribution in [0, 0.1) is 0 Å². The van der Waals surface area contributed by atoms with E-state index in [4.69, 9.17) is 9.47 Å². The SMILES string of the molecule is CCC(O)(CC)CN1CCC(OCC2CCCO2)CC1. The minimum Gasteiger partial charge on any atom is -0.389 e. The highest BCUT2D eigenvalue weighted by Crippen LogP contribution is 2.21. The molecule has 0 spiro atoms. The van der Waals surface area contributed by atoms with Crippen molar-refractivity contribution in [1.29, 1.82) is 0 Å².